The Kier molecular flexibility index (Phi) is 6.80. The second-order valence-electron chi connectivity index (χ2n) is 7.64. The summed E-state index contributed by atoms with van der Waals surface area (Å²) in [6.45, 7) is 3.56. The second-order valence-corrected chi connectivity index (χ2v) is 8.45. The van der Waals surface area contributed by atoms with Crippen molar-refractivity contribution in [3.63, 3.8) is 0 Å². The van der Waals surface area contributed by atoms with Crippen molar-refractivity contribution in [1.82, 2.24) is 24.8 Å². The summed E-state index contributed by atoms with van der Waals surface area (Å²) < 4.78 is 1.86. The topological polar surface area (TPSA) is 109 Å². The molecule has 0 unspecified atom stereocenters. The van der Waals surface area contributed by atoms with Crippen LogP contribution in [0, 0.1) is 0 Å². The van der Waals surface area contributed by atoms with Crippen LogP contribution in [0.4, 0.5) is 10.5 Å². The highest BCUT2D eigenvalue weighted by atomic mass is 35.5. The molecule has 1 fully saturated rings. The maximum atomic E-state index is 13.1. The standard InChI is InChI=1S/C22H22Cl2N6O3/c1-2-26-22(33)29-8-5-13(6-9-29)30-12-15(19(31)14-4-3-7-27-20(14)30)21(32)28-18-16(23)10-25-11-17(18)24/h3-4,7,10-13H,2,5-6,8-9H2,1H3,(H,26,33)(H,25,28,32). The SMILES string of the molecule is CCNC(=O)N1CCC(n2cc(C(=O)Nc3c(Cl)cncc3Cl)c(=O)c3cccnc32)CC1. The molecule has 0 radical (unpaired) electrons. The highest BCUT2D eigenvalue weighted by molar-refractivity contribution is 6.39. The fraction of sp³-hybridized carbons (Fsp3) is 0.318. The number of nitrogens with one attached hydrogen (secondary N) is 2. The van der Waals surface area contributed by atoms with Gasteiger partial charge in [-0.3, -0.25) is 14.6 Å². The fourth-order valence-corrected chi connectivity index (χ4v) is 4.40. The van der Waals surface area contributed by atoms with Gasteiger partial charge >= 0.3 is 6.03 Å². The van der Waals surface area contributed by atoms with Crippen molar-refractivity contribution >= 4 is 51.9 Å². The zero-order valence-corrected chi connectivity index (χ0v) is 19.4. The molecule has 0 bridgehead atoms. The van der Waals surface area contributed by atoms with E-state index in [1.54, 1.807) is 23.2 Å². The molecule has 33 heavy (non-hydrogen) atoms. The zero-order chi connectivity index (χ0) is 23.5. The van der Waals surface area contributed by atoms with Gasteiger partial charge in [-0.1, -0.05) is 23.2 Å². The van der Waals surface area contributed by atoms with Crippen LogP contribution in [0.3, 0.4) is 0 Å². The lowest BCUT2D eigenvalue weighted by Gasteiger charge is -2.33. The lowest BCUT2D eigenvalue weighted by atomic mass is 10.0. The van der Waals surface area contributed by atoms with Gasteiger partial charge in [0.1, 0.15) is 11.2 Å². The van der Waals surface area contributed by atoms with Crippen molar-refractivity contribution in [1.29, 1.82) is 0 Å². The van der Waals surface area contributed by atoms with Gasteiger partial charge in [0.2, 0.25) is 5.43 Å². The van der Waals surface area contributed by atoms with Crippen LogP contribution in [0.2, 0.25) is 10.0 Å². The molecule has 11 heteroatoms. The number of halogens is 2. The molecule has 0 spiro atoms. The summed E-state index contributed by atoms with van der Waals surface area (Å²) in [4.78, 5) is 48.4. The average Bonchev–Trinajstić information content (AvgIpc) is 2.82. The quantitative estimate of drug-likeness (QED) is 0.581. The third-order valence-electron chi connectivity index (χ3n) is 5.60. The number of anilines is 1. The molecule has 4 rings (SSSR count). The minimum absolute atomic E-state index is 0.0340. The van der Waals surface area contributed by atoms with E-state index >= 15 is 0 Å². The van der Waals surface area contributed by atoms with Gasteiger partial charge in [-0.25, -0.2) is 9.78 Å². The normalized spacial score (nSPS) is 14.3. The van der Waals surface area contributed by atoms with Crippen molar-refractivity contribution in [2.45, 2.75) is 25.8 Å². The molecule has 1 aliphatic heterocycles. The van der Waals surface area contributed by atoms with Crippen LogP contribution in [0.15, 0.2) is 41.7 Å². The van der Waals surface area contributed by atoms with Crippen molar-refractivity contribution < 1.29 is 9.59 Å². The van der Waals surface area contributed by atoms with E-state index in [1.807, 2.05) is 11.5 Å². The molecule has 3 aromatic heterocycles. The van der Waals surface area contributed by atoms with Crippen molar-refractivity contribution in [3.05, 3.63) is 62.8 Å². The minimum atomic E-state index is -0.630. The number of urea groups is 1. The maximum absolute atomic E-state index is 13.1. The first kappa shape index (κ1) is 23.0. The van der Waals surface area contributed by atoms with E-state index in [0.717, 1.165) is 0 Å². The predicted octanol–water partition coefficient (Wildman–Crippen LogP) is 3.72. The number of hydrogen-bond acceptors (Lipinski definition) is 5. The molecule has 172 valence electrons. The molecule has 3 aromatic rings. The number of carbonyl (C=O) groups excluding carboxylic acids is 2. The van der Waals surface area contributed by atoms with E-state index in [9.17, 15) is 14.4 Å². The molecule has 0 aromatic carbocycles. The van der Waals surface area contributed by atoms with E-state index in [2.05, 4.69) is 20.6 Å². The van der Waals surface area contributed by atoms with Gasteiger partial charge in [-0.15, -0.1) is 0 Å². The lowest BCUT2D eigenvalue weighted by molar-refractivity contribution is 0.102. The highest BCUT2D eigenvalue weighted by Gasteiger charge is 2.26. The minimum Gasteiger partial charge on any atom is -0.338 e. The predicted molar refractivity (Wildman–Crippen MR) is 127 cm³/mol. The third kappa shape index (κ3) is 4.65. The molecule has 4 heterocycles. The average molecular weight is 489 g/mol. The van der Waals surface area contributed by atoms with Gasteiger partial charge in [0.05, 0.1) is 21.1 Å². The molecule has 1 saturated heterocycles. The molecule has 0 atom stereocenters. The van der Waals surface area contributed by atoms with Gasteiger partial charge in [-0.05, 0) is 31.9 Å². The van der Waals surface area contributed by atoms with Crippen molar-refractivity contribution in [2.24, 2.45) is 0 Å². The summed E-state index contributed by atoms with van der Waals surface area (Å²) in [5.74, 6) is -0.630. The van der Waals surface area contributed by atoms with E-state index in [0.29, 0.717) is 43.5 Å². The number of rotatable bonds is 4. The monoisotopic (exact) mass is 488 g/mol. The number of aromatic nitrogens is 3. The number of fused-ring (bicyclic) bond motifs is 1. The Bertz CT molecular complexity index is 1250. The highest BCUT2D eigenvalue weighted by Crippen LogP contribution is 2.30. The van der Waals surface area contributed by atoms with E-state index in [4.69, 9.17) is 23.2 Å². The Hall–Kier alpha value is -3.17. The van der Waals surface area contributed by atoms with Gasteiger partial charge in [0.15, 0.2) is 0 Å². The van der Waals surface area contributed by atoms with Crippen LogP contribution < -0.4 is 16.1 Å². The number of hydrogen-bond donors (Lipinski definition) is 2. The molecule has 9 nitrogen and oxygen atoms in total. The lowest BCUT2D eigenvalue weighted by Crippen LogP contribution is -2.44. The first-order valence-corrected chi connectivity index (χ1v) is 11.3. The Morgan fingerprint density at radius 3 is 2.55 bits per heavy atom. The van der Waals surface area contributed by atoms with Crippen LogP contribution >= 0.6 is 23.2 Å². The Labute approximate surface area is 199 Å². The third-order valence-corrected chi connectivity index (χ3v) is 6.17. The number of nitrogens with zero attached hydrogens (tertiary/aromatic N) is 4. The number of amides is 3. The molecule has 0 aliphatic carbocycles. The fourth-order valence-electron chi connectivity index (χ4n) is 3.95. The first-order chi connectivity index (χ1) is 15.9. The van der Waals surface area contributed by atoms with Crippen LogP contribution in [-0.4, -0.2) is 51.0 Å². The Balaban J connectivity index is 1.69. The smallest absolute Gasteiger partial charge is 0.317 e. The summed E-state index contributed by atoms with van der Waals surface area (Å²) in [6.07, 6.45) is 7.17. The summed E-state index contributed by atoms with van der Waals surface area (Å²) >= 11 is 12.2. The Morgan fingerprint density at radius 2 is 1.88 bits per heavy atom. The maximum Gasteiger partial charge on any atom is 0.317 e. The summed E-state index contributed by atoms with van der Waals surface area (Å²) in [7, 11) is 0. The van der Waals surface area contributed by atoms with E-state index in [-0.39, 0.29) is 33.4 Å². The molecule has 3 amide bonds. The summed E-state index contributed by atoms with van der Waals surface area (Å²) in [5, 5.41) is 6.10. The van der Waals surface area contributed by atoms with Gasteiger partial charge in [0, 0.05) is 50.5 Å². The van der Waals surface area contributed by atoms with Crippen molar-refractivity contribution in [3.8, 4) is 0 Å². The van der Waals surface area contributed by atoms with Crippen LogP contribution in [0.1, 0.15) is 36.2 Å². The van der Waals surface area contributed by atoms with E-state index < -0.39 is 11.3 Å². The largest absolute Gasteiger partial charge is 0.338 e. The summed E-state index contributed by atoms with van der Waals surface area (Å²) in [6, 6.07) is 3.18. The van der Waals surface area contributed by atoms with Gasteiger partial charge < -0.3 is 20.1 Å². The van der Waals surface area contributed by atoms with Crippen molar-refractivity contribution in [2.75, 3.05) is 25.0 Å². The number of carbonyl (C=O) groups is 2. The molecule has 0 saturated carbocycles. The first-order valence-electron chi connectivity index (χ1n) is 10.5. The molecule has 2 N–H and O–H groups in total. The number of piperidine rings is 1. The zero-order valence-electron chi connectivity index (χ0n) is 17.8. The number of pyridine rings is 3. The van der Waals surface area contributed by atoms with Crippen LogP contribution in [0.5, 0.6) is 0 Å². The molecular weight excluding hydrogens is 467 g/mol. The van der Waals surface area contributed by atoms with E-state index in [1.165, 1.54) is 18.6 Å². The van der Waals surface area contributed by atoms with Gasteiger partial charge in [-0.2, -0.15) is 0 Å². The van der Waals surface area contributed by atoms with Crippen LogP contribution in [-0.2, 0) is 0 Å². The molecular formula is C22H22Cl2N6O3. The van der Waals surface area contributed by atoms with Crippen LogP contribution in [0.25, 0.3) is 11.0 Å². The van der Waals surface area contributed by atoms with Gasteiger partial charge in [0.25, 0.3) is 5.91 Å². The summed E-state index contributed by atoms with van der Waals surface area (Å²) in [5.41, 5.74) is 0.194. The second kappa shape index (κ2) is 9.76. The number of likely N-dealkylation sites (tertiary alicyclic amines) is 1. The molecule has 1 aliphatic rings. The Morgan fingerprint density at radius 1 is 1.18 bits per heavy atom.